The third kappa shape index (κ3) is 1.52. The molecular formula is C11H13NO. The molecule has 1 aromatic carbocycles. The fraction of sp³-hybridized carbons (Fsp3) is 0.273. The first-order valence-corrected chi connectivity index (χ1v) is 4.47. The molecule has 0 spiro atoms. The van der Waals surface area contributed by atoms with Gasteiger partial charge in [-0.1, -0.05) is 30.3 Å². The number of nitrogens with one attached hydrogen (secondary N) is 1. The van der Waals surface area contributed by atoms with Gasteiger partial charge in [0.2, 0.25) is 0 Å². The minimum Gasteiger partial charge on any atom is -0.469 e. The van der Waals surface area contributed by atoms with E-state index in [2.05, 4.69) is 17.4 Å². The molecule has 0 saturated carbocycles. The highest BCUT2D eigenvalue weighted by Gasteiger charge is 2.18. The van der Waals surface area contributed by atoms with Gasteiger partial charge in [0.15, 0.2) is 6.23 Å². The van der Waals surface area contributed by atoms with Gasteiger partial charge in [-0.05, 0) is 13.8 Å². The van der Waals surface area contributed by atoms with Crippen LogP contribution in [0, 0.1) is 0 Å². The highest BCUT2D eigenvalue weighted by Crippen LogP contribution is 2.24. The summed E-state index contributed by atoms with van der Waals surface area (Å²) < 4.78 is 5.63. The summed E-state index contributed by atoms with van der Waals surface area (Å²) in [5, 5.41) is 3.22. The summed E-state index contributed by atoms with van der Waals surface area (Å²) in [6.45, 7) is 4.03. The molecule has 0 bridgehead atoms. The van der Waals surface area contributed by atoms with Gasteiger partial charge in [-0.25, -0.2) is 0 Å². The minimum atomic E-state index is 0.0928. The summed E-state index contributed by atoms with van der Waals surface area (Å²) in [6, 6.07) is 10.1. The number of ether oxygens (including phenoxy) is 1. The van der Waals surface area contributed by atoms with Crippen molar-refractivity contribution < 1.29 is 4.74 Å². The van der Waals surface area contributed by atoms with Gasteiger partial charge in [-0.3, -0.25) is 0 Å². The molecule has 2 nitrogen and oxygen atoms in total. The van der Waals surface area contributed by atoms with Crippen molar-refractivity contribution in [2.45, 2.75) is 20.1 Å². The maximum absolute atomic E-state index is 5.63. The first kappa shape index (κ1) is 8.17. The van der Waals surface area contributed by atoms with Crippen molar-refractivity contribution >= 4 is 5.76 Å². The molecule has 1 heterocycles. The van der Waals surface area contributed by atoms with Crippen LogP contribution in [0.25, 0.3) is 5.76 Å². The Balaban J connectivity index is 2.33. The Labute approximate surface area is 78.2 Å². The lowest BCUT2D eigenvalue weighted by atomic mass is 10.2. The molecule has 1 aliphatic heterocycles. The average molecular weight is 175 g/mol. The highest BCUT2D eigenvalue weighted by molar-refractivity contribution is 5.63. The summed E-state index contributed by atoms with van der Waals surface area (Å²) in [5.74, 6) is 0.966. The van der Waals surface area contributed by atoms with E-state index in [1.165, 1.54) is 0 Å². The summed E-state index contributed by atoms with van der Waals surface area (Å²) >= 11 is 0. The number of hydrogen-bond donors (Lipinski definition) is 1. The molecule has 1 unspecified atom stereocenters. The largest absolute Gasteiger partial charge is 0.469 e. The van der Waals surface area contributed by atoms with E-state index in [4.69, 9.17) is 4.74 Å². The molecule has 2 heteroatoms. The van der Waals surface area contributed by atoms with Gasteiger partial charge in [0.05, 0.1) is 5.70 Å². The van der Waals surface area contributed by atoms with E-state index in [-0.39, 0.29) is 6.23 Å². The van der Waals surface area contributed by atoms with E-state index < -0.39 is 0 Å². The SMILES string of the molecule is CC1=C(c2ccccc2)OC(C)N1. The Morgan fingerprint density at radius 1 is 1.23 bits per heavy atom. The quantitative estimate of drug-likeness (QED) is 0.707. The molecule has 1 aliphatic rings. The van der Waals surface area contributed by atoms with Gasteiger partial charge in [-0.2, -0.15) is 0 Å². The predicted molar refractivity (Wildman–Crippen MR) is 52.7 cm³/mol. The Bertz CT molecular complexity index is 329. The molecule has 1 atom stereocenters. The first-order valence-electron chi connectivity index (χ1n) is 4.47. The van der Waals surface area contributed by atoms with Gasteiger partial charge in [0.25, 0.3) is 0 Å². The van der Waals surface area contributed by atoms with Gasteiger partial charge in [0, 0.05) is 5.56 Å². The summed E-state index contributed by atoms with van der Waals surface area (Å²) in [7, 11) is 0. The minimum absolute atomic E-state index is 0.0928. The van der Waals surface area contributed by atoms with Crippen LogP contribution in [0.15, 0.2) is 36.0 Å². The summed E-state index contributed by atoms with van der Waals surface area (Å²) in [5.41, 5.74) is 2.25. The Hall–Kier alpha value is -1.44. The molecule has 68 valence electrons. The molecule has 0 aliphatic carbocycles. The summed E-state index contributed by atoms with van der Waals surface area (Å²) in [4.78, 5) is 0. The molecule has 13 heavy (non-hydrogen) atoms. The van der Waals surface area contributed by atoms with Crippen LogP contribution in [0.4, 0.5) is 0 Å². The van der Waals surface area contributed by atoms with Crippen molar-refractivity contribution in [2.75, 3.05) is 0 Å². The number of allylic oxidation sites excluding steroid dienone is 1. The molecule has 0 amide bonds. The lowest BCUT2D eigenvalue weighted by Crippen LogP contribution is -2.18. The van der Waals surface area contributed by atoms with E-state index in [0.717, 1.165) is 17.0 Å². The Morgan fingerprint density at radius 2 is 1.92 bits per heavy atom. The smallest absolute Gasteiger partial charge is 0.167 e. The van der Waals surface area contributed by atoms with Crippen molar-refractivity contribution in [1.29, 1.82) is 0 Å². The molecule has 1 N–H and O–H groups in total. The van der Waals surface area contributed by atoms with Crippen molar-refractivity contribution in [1.82, 2.24) is 5.32 Å². The molecule has 0 radical (unpaired) electrons. The zero-order chi connectivity index (χ0) is 9.26. The van der Waals surface area contributed by atoms with Gasteiger partial charge >= 0.3 is 0 Å². The second kappa shape index (κ2) is 3.13. The average Bonchev–Trinajstić information content (AvgIpc) is 2.47. The number of hydrogen-bond acceptors (Lipinski definition) is 2. The van der Waals surface area contributed by atoms with Crippen LogP contribution in [0.3, 0.4) is 0 Å². The predicted octanol–water partition coefficient (Wildman–Crippen LogP) is 2.34. The fourth-order valence-corrected chi connectivity index (χ4v) is 1.54. The van der Waals surface area contributed by atoms with E-state index in [1.807, 2.05) is 32.0 Å². The molecule has 0 aromatic heterocycles. The van der Waals surface area contributed by atoms with Gasteiger partial charge in [-0.15, -0.1) is 0 Å². The lowest BCUT2D eigenvalue weighted by Gasteiger charge is -2.06. The van der Waals surface area contributed by atoms with Gasteiger partial charge in [0.1, 0.15) is 5.76 Å². The zero-order valence-electron chi connectivity index (χ0n) is 7.87. The van der Waals surface area contributed by atoms with Crippen molar-refractivity contribution in [3.63, 3.8) is 0 Å². The van der Waals surface area contributed by atoms with E-state index in [9.17, 15) is 0 Å². The summed E-state index contributed by atoms with van der Waals surface area (Å²) in [6.07, 6.45) is 0.0928. The van der Waals surface area contributed by atoms with E-state index in [0.29, 0.717) is 0 Å². The molecule has 1 aromatic rings. The van der Waals surface area contributed by atoms with Crippen molar-refractivity contribution in [2.24, 2.45) is 0 Å². The Morgan fingerprint density at radius 3 is 2.46 bits per heavy atom. The van der Waals surface area contributed by atoms with E-state index >= 15 is 0 Å². The van der Waals surface area contributed by atoms with Crippen LogP contribution in [0.1, 0.15) is 19.4 Å². The van der Waals surface area contributed by atoms with Crippen LogP contribution in [0.5, 0.6) is 0 Å². The molecule has 0 saturated heterocycles. The standard InChI is InChI=1S/C11H13NO/c1-8-11(13-9(2)12-8)10-6-4-3-5-7-10/h3-7,9,12H,1-2H3. The maximum atomic E-state index is 5.63. The van der Waals surface area contributed by atoms with Crippen LogP contribution in [0.2, 0.25) is 0 Å². The van der Waals surface area contributed by atoms with Crippen molar-refractivity contribution in [3.05, 3.63) is 41.6 Å². The number of rotatable bonds is 1. The molecule has 2 rings (SSSR count). The first-order chi connectivity index (χ1) is 6.27. The Kier molecular flexibility index (Phi) is 1.97. The third-order valence-electron chi connectivity index (χ3n) is 2.09. The van der Waals surface area contributed by atoms with Crippen LogP contribution in [-0.2, 0) is 4.74 Å². The normalized spacial score (nSPS) is 21.2. The van der Waals surface area contributed by atoms with Crippen molar-refractivity contribution in [3.8, 4) is 0 Å². The number of benzene rings is 1. The second-order valence-electron chi connectivity index (χ2n) is 3.22. The van der Waals surface area contributed by atoms with Crippen LogP contribution in [-0.4, -0.2) is 6.23 Å². The maximum Gasteiger partial charge on any atom is 0.167 e. The monoisotopic (exact) mass is 175 g/mol. The van der Waals surface area contributed by atoms with E-state index in [1.54, 1.807) is 0 Å². The molecular weight excluding hydrogens is 162 g/mol. The highest BCUT2D eigenvalue weighted by atomic mass is 16.5. The zero-order valence-corrected chi connectivity index (χ0v) is 7.87. The van der Waals surface area contributed by atoms with Gasteiger partial charge < -0.3 is 10.1 Å². The lowest BCUT2D eigenvalue weighted by molar-refractivity contribution is 0.190. The molecule has 0 fully saturated rings. The van der Waals surface area contributed by atoms with Crippen LogP contribution >= 0.6 is 0 Å². The van der Waals surface area contributed by atoms with Crippen LogP contribution < -0.4 is 5.32 Å². The topological polar surface area (TPSA) is 21.3 Å². The third-order valence-corrected chi connectivity index (χ3v) is 2.09. The second-order valence-corrected chi connectivity index (χ2v) is 3.22. The fourth-order valence-electron chi connectivity index (χ4n) is 1.54.